The Hall–Kier alpha value is -3.97. The third kappa shape index (κ3) is 10.5. The first-order chi connectivity index (χ1) is 22.1. The standard InChI is InChI=1S/C34H42O11S/c1-5-9-17-40-20-24(44-31(35)7-3)22-42-33-27-13-11-12-14-28(27)34(30-19-26(46(37,38)39)15-16-29(30)33)43-23-25(45-32(36)8-4)21-41-18-10-6-2/h7-8,11-16,19,24-25H,3-6,9-10,17-18,20-23H2,1-2H3,(H,37,38,39). The fourth-order valence-corrected chi connectivity index (χ4v) is 4.99. The molecule has 0 fully saturated rings. The van der Waals surface area contributed by atoms with E-state index in [1.807, 2.05) is 13.8 Å². The second kappa shape index (κ2) is 18.2. The molecule has 3 aromatic rings. The van der Waals surface area contributed by atoms with Crippen molar-refractivity contribution in [1.29, 1.82) is 0 Å². The van der Waals surface area contributed by atoms with Gasteiger partial charge in [-0.05, 0) is 31.0 Å². The van der Waals surface area contributed by atoms with Crippen molar-refractivity contribution in [3.05, 3.63) is 67.8 Å². The Morgan fingerprint density at radius 1 is 0.739 bits per heavy atom. The molecule has 0 aliphatic carbocycles. The molecule has 0 spiro atoms. The van der Waals surface area contributed by atoms with Crippen LogP contribution in [0, 0.1) is 0 Å². The lowest BCUT2D eigenvalue weighted by Gasteiger charge is -2.23. The molecule has 0 aromatic heterocycles. The molecule has 2 atom stereocenters. The van der Waals surface area contributed by atoms with Crippen LogP contribution in [0.1, 0.15) is 39.5 Å². The molecule has 0 amide bonds. The number of fused-ring (bicyclic) bond motifs is 2. The Bertz CT molecular complexity index is 1600. The van der Waals surface area contributed by atoms with Gasteiger partial charge in [0.2, 0.25) is 0 Å². The number of benzene rings is 3. The zero-order valence-corrected chi connectivity index (χ0v) is 27.1. The van der Waals surface area contributed by atoms with E-state index >= 15 is 0 Å². The maximum atomic E-state index is 12.2. The first-order valence-corrected chi connectivity index (χ1v) is 16.6. The van der Waals surface area contributed by atoms with E-state index in [0.717, 1.165) is 37.8 Å². The van der Waals surface area contributed by atoms with Crippen molar-refractivity contribution in [3.8, 4) is 11.5 Å². The third-order valence-corrected chi connectivity index (χ3v) is 7.66. The SMILES string of the molecule is C=CC(=O)OC(COCCCC)COc1c2ccccc2c(OCC(COCCCC)OC(=O)C=C)c2cc(S(=O)(=O)O)ccc12. The van der Waals surface area contributed by atoms with Gasteiger partial charge in [-0.15, -0.1) is 0 Å². The molecule has 12 heteroatoms. The van der Waals surface area contributed by atoms with Gasteiger partial charge in [-0.1, -0.05) is 64.1 Å². The molecule has 0 saturated carbocycles. The highest BCUT2D eigenvalue weighted by Gasteiger charge is 2.23. The molecular weight excluding hydrogens is 616 g/mol. The Morgan fingerprint density at radius 2 is 1.20 bits per heavy atom. The quantitative estimate of drug-likeness (QED) is 0.0486. The number of carbonyl (C=O) groups excluding carboxylic acids is 2. The average Bonchev–Trinajstić information content (AvgIpc) is 3.05. The molecule has 1 N–H and O–H groups in total. The van der Waals surface area contributed by atoms with Gasteiger partial charge in [-0.2, -0.15) is 8.42 Å². The van der Waals surface area contributed by atoms with Crippen LogP contribution >= 0.6 is 0 Å². The van der Waals surface area contributed by atoms with E-state index in [4.69, 9.17) is 28.4 Å². The zero-order chi connectivity index (χ0) is 33.5. The Kier molecular flexibility index (Phi) is 14.5. The molecule has 3 aromatic carbocycles. The van der Waals surface area contributed by atoms with Crippen molar-refractivity contribution >= 4 is 43.6 Å². The van der Waals surface area contributed by atoms with Gasteiger partial charge in [-0.3, -0.25) is 4.55 Å². The summed E-state index contributed by atoms with van der Waals surface area (Å²) in [5.41, 5.74) is 0. The topological polar surface area (TPSA) is 144 Å². The molecule has 250 valence electrons. The van der Waals surface area contributed by atoms with Crippen molar-refractivity contribution in [2.75, 3.05) is 39.6 Å². The molecule has 46 heavy (non-hydrogen) atoms. The highest BCUT2D eigenvalue weighted by Crippen LogP contribution is 2.43. The van der Waals surface area contributed by atoms with Gasteiger partial charge < -0.3 is 28.4 Å². The van der Waals surface area contributed by atoms with Crippen LogP contribution in [-0.4, -0.2) is 76.8 Å². The highest BCUT2D eigenvalue weighted by molar-refractivity contribution is 7.85. The minimum atomic E-state index is -4.58. The number of hydrogen-bond donors (Lipinski definition) is 1. The van der Waals surface area contributed by atoms with E-state index < -0.39 is 34.3 Å². The van der Waals surface area contributed by atoms with Crippen LogP contribution in [0.15, 0.2) is 72.7 Å². The first kappa shape index (κ1) is 36.5. The predicted octanol–water partition coefficient (Wildman–Crippen LogP) is 5.83. The summed E-state index contributed by atoms with van der Waals surface area (Å²) in [6.45, 7) is 11.9. The van der Waals surface area contributed by atoms with Gasteiger partial charge >= 0.3 is 11.9 Å². The van der Waals surface area contributed by atoms with Crippen molar-refractivity contribution in [2.24, 2.45) is 0 Å². The number of esters is 2. The summed E-state index contributed by atoms with van der Waals surface area (Å²) >= 11 is 0. The van der Waals surface area contributed by atoms with E-state index in [1.54, 1.807) is 24.3 Å². The lowest BCUT2D eigenvalue weighted by molar-refractivity contribution is -0.148. The van der Waals surface area contributed by atoms with Crippen LogP contribution in [0.4, 0.5) is 0 Å². The Labute approximate surface area is 269 Å². The highest BCUT2D eigenvalue weighted by atomic mass is 32.2. The van der Waals surface area contributed by atoms with Crippen LogP contribution in [0.25, 0.3) is 21.5 Å². The molecule has 3 rings (SSSR count). The zero-order valence-electron chi connectivity index (χ0n) is 26.3. The van der Waals surface area contributed by atoms with Crippen LogP contribution in [0.5, 0.6) is 11.5 Å². The van der Waals surface area contributed by atoms with Crippen LogP contribution < -0.4 is 9.47 Å². The summed E-state index contributed by atoms with van der Waals surface area (Å²) in [7, 11) is -4.58. The second-order valence-electron chi connectivity index (χ2n) is 10.4. The van der Waals surface area contributed by atoms with Gasteiger partial charge in [0.15, 0.2) is 12.2 Å². The van der Waals surface area contributed by atoms with E-state index in [2.05, 4.69) is 13.2 Å². The summed E-state index contributed by atoms with van der Waals surface area (Å²) in [5, 5.41) is 1.94. The van der Waals surface area contributed by atoms with Crippen LogP contribution in [0.3, 0.4) is 0 Å². The fourth-order valence-electron chi connectivity index (χ4n) is 4.48. The van der Waals surface area contributed by atoms with Crippen molar-refractivity contribution in [1.82, 2.24) is 0 Å². The molecule has 0 radical (unpaired) electrons. The minimum Gasteiger partial charge on any atom is -0.488 e. The summed E-state index contributed by atoms with van der Waals surface area (Å²) < 4.78 is 69.0. The smallest absolute Gasteiger partial charge is 0.330 e. The second-order valence-corrected chi connectivity index (χ2v) is 11.8. The number of ether oxygens (including phenoxy) is 6. The maximum Gasteiger partial charge on any atom is 0.330 e. The van der Waals surface area contributed by atoms with Gasteiger partial charge in [0.25, 0.3) is 10.1 Å². The summed E-state index contributed by atoms with van der Waals surface area (Å²) in [5.74, 6) is -0.640. The Balaban J connectivity index is 2.06. The largest absolute Gasteiger partial charge is 0.488 e. The molecule has 0 aliphatic rings. The van der Waals surface area contributed by atoms with Crippen LogP contribution in [0.2, 0.25) is 0 Å². The lowest BCUT2D eigenvalue weighted by atomic mass is 10.0. The molecule has 0 aliphatic heterocycles. The van der Waals surface area contributed by atoms with Gasteiger partial charge in [0.1, 0.15) is 24.7 Å². The molecule has 0 bridgehead atoms. The minimum absolute atomic E-state index is 0.0675. The lowest BCUT2D eigenvalue weighted by Crippen LogP contribution is -2.30. The molecule has 11 nitrogen and oxygen atoms in total. The molecular formula is C34H42O11S. The summed E-state index contributed by atoms with van der Waals surface area (Å²) in [6.07, 6.45) is 4.07. The van der Waals surface area contributed by atoms with Crippen LogP contribution in [-0.2, 0) is 38.7 Å². The molecule has 0 saturated heterocycles. The van der Waals surface area contributed by atoms with Crippen molar-refractivity contribution in [3.63, 3.8) is 0 Å². The normalized spacial score (nSPS) is 12.8. The monoisotopic (exact) mass is 658 g/mol. The van der Waals surface area contributed by atoms with Gasteiger partial charge in [-0.25, -0.2) is 9.59 Å². The van der Waals surface area contributed by atoms with Gasteiger partial charge in [0.05, 0.1) is 18.1 Å². The summed E-state index contributed by atoms with van der Waals surface area (Å²) in [4.78, 5) is 23.7. The third-order valence-electron chi connectivity index (χ3n) is 6.81. The average molecular weight is 659 g/mol. The maximum absolute atomic E-state index is 12.2. The van der Waals surface area contributed by atoms with E-state index in [1.165, 1.54) is 18.2 Å². The Morgan fingerprint density at radius 3 is 1.63 bits per heavy atom. The number of carbonyl (C=O) groups is 2. The van der Waals surface area contributed by atoms with E-state index in [-0.39, 0.29) is 37.1 Å². The molecule has 0 heterocycles. The summed E-state index contributed by atoms with van der Waals surface area (Å²) in [6, 6.07) is 11.2. The predicted molar refractivity (Wildman–Crippen MR) is 174 cm³/mol. The number of hydrogen-bond acceptors (Lipinski definition) is 10. The number of unbranched alkanes of at least 4 members (excludes halogenated alkanes) is 2. The van der Waals surface area contributed by atoms with Gasteiger partial charge in [0, 0.05) is 46.9 Å². The van der Waals surface area contributed by atoms with E-state index in [9.17, 15) is 22.6 Å². The fraction of sp³-hybridized carbons (Fsp3) is 0.412. The van der Waals surface area contributed by atoms with E-state index in [0.29, 0.717) is 40.5 Å². The van der Waals surface area contributed by atoms with Crippen molar-refractivity contribution < 1.29 is 51.0 Å². The molecule has 2 unspecified atom stereocenters. The first-order valence-electron chi connectivity index (χ1n) is 15.2. The number of rotatable bonds is 21. The van der Waals surface area contributed by atoms with Crippen molar-refractivity contribution in [2.45, 2.75) is 56.6 Å².